The fraction of sp³-hybridized carbons (Fsp3) is 0.688. The molecule has 130 valence electrons. The minimum Gasteiger partial charge on any atom is -0.468 e. The van der Waals surface area contributed by atoms with Gasteiger partial charge in [0.05, 0.1) is 12.3 Å². The molecule has 0 bridgehead atoms. The number of nitrogens with zero attached hydrogens (tertiary/aromatic N) is 1. The van der Waals surface area contributed by atoms with Crippen molar-refractivity contribution < 1.29 is 23.1 Å². The molecule has 1 amide bonds. The van der Waals surface area contributed by atoms with Crippen molar-refractivity contribution in [1.82, 2.24) is 10.2 Å². The molecule has 0 aliphatic heterocycles. The van der Waals surface area contributed by atoms with Gasteiger partial charge in [0.2, 0.25) is 0 Å². The Labute approximate surface area is 134 Å². The third-order valence-electron chi connectivity index (χ3n) is 4.63. The van der Waals surface area contributed by atoms with Crippen LogP contribution in [0.15, 0.2) is 22.8 Å². The summed E-state index contributed by atoms with van der Waals surface area (Å²) < 4.78 is 33.6. The highest BCUT2D eigenvalue weighted by atomic mass is 19.3. The largest absolute Gasteiger partial charge is 0.468 e. The van der Waals surface area contributed by atoms with Crippen molar-refractivity contribution >= 4 is 5.91 Å². The first kappa shape index (κ1) is 17.9. The second kappa shape index (κ2) is 6.97. The van der Waals surface area contributed by atoms with Crippen LogP contribution in [0.4, 0.5) is 8.78 Å². The molecule has 1 aromatic heterocycles. The maximum Gasteiger partial charge on any atom is 0.352 e. The number of carbonyl (C=O) groups is 1. The molecular formula is C16H24F2N2O3. The summed E-state index contributed by atoms with van der Waals surface area (Å²) in [5.41, 5.74) is -2.20. The summed E-state index contributed by atoms with van der Waals surface area (Å²) in [5, 5.41) is 12.1. The van der Waals surface area contributed by atoms with E-state index in [1.165, 1.54) is 6.26 Å². The van der Waals surface area contributed by atoms with Crippen molar-refractivity contribution in [3.8, 4) is 0 Å². The van der Waals surface area contributed by atoms with E-state index in [1.54, 1.807) is 12.1 Å². The predicted octanol–water partition coefficient (Wildman–Crippen LogP) is 2.33. The highest BCUT2D eigenvalue weighted by Gasteiger charge is 2.61. The molecule has 0 aromatic carbocycles. The van der Waals surface area contributed by atoms with Gasteiger partial charge in [-0.3, -0.25) is 9.69 Å². The van der Waals surface area contributed by atoms with Crippen molar-refractivity contribution in [2.24, 2.45) is 0 Å². The molecule has 1 aromatic rings. The van der Waals surface area contributed by atoms with Crippen molar-refractivity contribution in [3.63, 3.8) is 0 Å². The summed E-state index contributed by atoms with van der Waals surface area (Å²) in [6.07, 6.45) is 1.92. The van der Waals surface area contributed by atoms with Gasteiger partial charge in [0.15, 0.2) is 0 Å². The lowest BCUT2D eigenvalue weighted by atomic mass is 9.75. The summed E-state index contributed by atoms with van der Waals surface area (Å²) >= 11 is 0. The Morgan fingerprint density at radius 3 is 2.57 bits per heavy atom. The summed E-state index contributed by atoms with van der Waals surface area (Å²) in [6, 6.07) is 3.15. The molecule has 1 aliphatic rings. The Hall–Kier alpha value is -1.47. The smallest absolute Gasteiger partial charge is 0.352 e. The Kier molecular flexibility index (Phi) is 5.41. The second-order valence-electron chi connectivity index (χ2n) is 5.92. The van der Waals surface area contributed by atoms with Crippen LogP contribution < -0.4 is 5.32 Å². The van der Waals surface area contributed by atoms with E-state index in [0.717, 1.165) is 0 Å². The van der Waals surface area contributed by atoms with Crippen LogP contribution in [0.5, 0.6) is 0 Å². The number of halogens is 2. The number of carbonyl (C=O) groups excluding carboxylic acids is 1. The number of hydrogen-bond acceptors (Lipinski definition) is 4. The van der Waals surface area contributed by atoms with Gasteiger partial charge in [-0.15, -0.1) is 0 Å². The maximum atomic E-state index is 14.1. The highest BCUT2D eigenvalue weighted by molar-refractivity contribution is 5.85. The molecule has 0 radical (unpaired) electrons. The van der Waals surface area contributed by atoms with Gasteiger partial charge in [0, 0.05) is 6.54 Å². The Morgan fingerprint density at radius 2 is 2.13 bits per heavy atom. The topological polar surface area (TPSA) is 65.7 Å². The monoisotopic (exact) mass is 330 g/mol. The Balaban J connectivity index is 2.05. The van der Waals surface area contributed by atoms with Gasteiger partial charge in [-0.2, -0.15) is 8.78 Å². The summed E-state index contributed by atoms with van der Waals surface area (Å²) in [7, 11) is 0. The van der Waals surface area contributed by atoms with E-state index in [1.807, 2.05) is 18.7 Å². The van der Waals surface area contributed by atoms with Crippen LogP contribution in [0.3, 0.4) is 0 Å². The third kappa shape index (κ3) is 3.40. The van der Waals surface area contributed by atoms with Gasteiger partial charge >= 0.3 is 5.92 Å². The average molecular weight is 330 g/mol. The highest BCUT2D eigenvalue weighted by Crippen LogP contribution is 2.44. The van der Waals surface area contributed by atoms with E-state index in [2.05, 4.69) is 5.32 Å². The third-order valence-corrected chi connectivity index (χ3v) is 4.63. The molecule has 1 fully saturated rings. The molecule has 2 N–H and O–H groups in total. The summed E-state index contributed by atoms with van der Waals surface area (Å²) in [6.45, 7) is 5.29. The zero-order valence-electron chi connectivity index (χ0n) is 13.5. The molecule has 2 rings (SSSR count). The number of aliphatic hydroxyl groups is 1. The first-order valence-corrected chi connectivity index (χ1v) is 8.01. The zero-order chi connectivity index (χ0) is 17.1. The lowest BCUT2D eigenvalue weighted by Crippen LogP contribution is -2.61. The van der Waals surface area contributed by atoms with Gasteiger partial charge in [0.25, 0.3) is 5.91 Å². The molecule has 0 spiro atoms. The van der Waals surface area contributed by atoms with Crippen LogP contribution in [-0.2, 0) is 4.79 Å². The number of likely N-dealkylation sites (N-methyl/N-ethyl adjacent to an activating group) is 1. The van der Waals surface area contributed by atoms with Gasteiger partial charge in [-0.1, -0.05) is 13.8 Å². The molecule has 1 saturated carbocycles. The fourth-order valence-electron chi connectivity index (χ4n) is 2.89. The molecule has 0 saturated heterocycles. The first-order chi connectivity index (χ1) is 10.9. The lowest BCUT2D eigenvalue weighted by Gasteiger charge is -2.41. The molecule has 23 heavy (non-hydrogen) atoms. The number of nitrogens with one attached hydrogen (secondary N) is 1. The van der Waals surface area contributed by atoms with Crippen molar-refractivity contribution in [3.05, 3.63) is 24.2 Å². The summed E-state index contributed by atoms with van der Waals surface area (Å²) in [5.74, 6) is -4.59. The second-order valence-corrected chi connectivity index (χ2v) is 5.92. The average Bonchev–Trinajstić information content (AvgIpc) is 3.02. The number of furan rings is 1. The van der Waals surface area contributed by atoms with E-state index in [-0.39, 0.29) is 25.4 Å². The Morgan fingerprint density at radius 1 is 1.48 bits per heavy atom. The number of hydrogen-bond donors (Lipinski definition) is 2. The van der Waals surface area contributed by atoms with Gasteiger partial charge < -0.3 is 14.8 Å². The zero-order valence-corrected chi connectivity index (χ0v) is 13.5. The van der Waals surface area contributed by atoms with Crippen LogP contribution in [-0.4, -0.2) is 47.1 Å². The van der Waals surface area contributed by atoms with Crippen molar-refractivity contribution in [2.45, 2.75) is 50.7 Å². The van der Waals surface area contributed by atoms with Crippen LogP contribution in [0.2, 0.25) is 0 Å². The number of amides is 1. The molecular weight excluding hydrogens is 306 g/mol. The molecule has 1 heterocycles. The van der Waals surface area contributed by atoms with E-state index in [0.29, 0.717) is 25.3 Å². The SMILES string of the molecule is CCN(CC)C(CNC(=O)C(F)(F)C1(O)CCC1)c1ccco1. The quantitative estimate of drug-likeness (QED) is 0.768. The minimum atomic E-state index is -3.78. The minimum absolute atomic E-state index is 0.000301. The van der Waals surface area contributed by atoms with Gasteiger partial charge in [0.1, 0.15) is 11.4 Å². The van der Waals surface area contributed by atoms with Crippen LogP contribution in [0.25, 0.3) is 0 Å². The number of rotatable bonds is 8. The fourth-order valence-corrected chi connectivity index (χ4v) is 2.89. The van der Waals surface area contributed by atoms with E-state index >= 15 is 0 Å². The lowest BCUT2D eigenvalue weighted by molar-refractivity contribution is -0.216. The first-order valence-electron chi connectivity index (χ1n) is 8.01. The molecule has 1 atom stereocenters. The standard InChI is InChI=1S/C16H24F2N2O3/c1-3-20(4-2)12(13-7-5-10-23-13)11-19-14(21)16(17,18)15(22)8-6-9-15/h5,7,10,12,22H,3-4,6,8-9,11H2,1-2H3,(H,19,21). The maximum absolute atomic E-state index is 14.1. The number of alkyl halides is 2. The molecule has 7 heteroatoms. The van der Waals surface area contributed by atoms with Crippen molar-refractivity contribution in [1.29, 1.82) is 0 Å². The molecule has 1 unspecified atom stereocenters. The Bertz CT molecular complexity index is 511. The van der Waals surface area contributed by atoms with E-state index in [4.69, 9.17) is 4.42 Å². The molecule has 1 aliphatic carbocycles. The van der Waals surface area contributed by atoms with Gasteiger partial charge in [-0.05, 0) is 44.5 Å². The van der Waals surface area contributed by atoms with Gasteiger partial charge in [-0.25, -0.2) is 0 Å². The van der Waals surface area contributed by atoms with Crippen LogP contribution >= 0.6 is 0 Å². The van der Waals surface area contributed by atoms with Crippen LogP contribution in [0, 0.1) is 0 Å². The predicted molar refractivity (Wildman–Crippen MR) is 81.1 cm³/mol. The van der Waals surface area contributed by atoms with E-state index < -0.39 is 17.4 Å². The molecule has 5 nitrogen and oxygen atoms in total. The van der Waals surface area contributed by atoms with Crippen LogP contribution in [0.1, 0.15) is 44.9 Å². The normalized spacial score (nSPS) is 18.5. The van der Waals surface area contributed by atoms with E-state index in [9.17, 15) is 18.7 Å². The summed E-state index contributed by atoms with van der Waals surface area (Å²) in [4.78, 5) is 13.9. The van der Waals surface area contributed by atoms with Crippen molar-refractivity contribution in [2.75, 3.05) is 19.6 Å².